The van der Waals surface area contributed by atoms with Crippen molar-refractivity contribution in [3.05, 3.63) is 41.5 Å². The van der Waals surface area contributed by atoms with Crippen molar-refractivity contribution in [2.75, 3.05) is 47.7 Å². The van der Waals surface area contributed by atoms with Gasteiger partial charge in [0.25, 0.3) is 5.91 Å². The van der Waals surface area contributed by atoms with Crippen LogP contribution in [0.15, 0.2) is 30.3 Å². The van der Waals surface area contributed by atoms with Gasteiger partial charge >= 0.3 is 5.97 Å². The molecule has 0 aliphatic carbocycles. The molecular weight excluding hydrogens is 406 g/mol. The van der Waals surface area contributed by atoms with Gasteiger partial charge in [-0.25, -0.2) is 4.79 Å². The van der Waals surface area contributed by atoms with Crippen molar-refractivity contribution in [1.29, 1.82) is 0 Å². The average Bonchev–Trinajstić information content (AvgIpc) is 2.81. The highest BCUT2D eigenvalue weighted by molar-refractivity contribution is 5.92. The third-order valence-electron chi connectivity index (χ3n) is 4.58. The van der Waals surface area contributed by atoms with E-state index in [0.717, 1.165) is 5.56 Å². The Morgan fingerprint density at radius 3 is 2.42 bits per heavy atom. The van der Waals surface area contributed by atoms with Crippen LogP contribution in [-0.4, -0.2) is 59.6 Å². The van der Waals surface area contributed by atoms with Crippen molar-refractivity contribution < 1.29 is 38.0 Å². The molecule has 3 rings (SSSR count). The quantitative estimate of drug-likeness (QED) is 0.602. The van der Waals surface area contributed by atoms with E-state index in [-0.39, 0.29) is 5.56 Å². The molecule has 0 fully saturated rings. The summed E-state index contributed by atoms with van der Waals surface area (Å²) in [7, 11) is 4.60. The van der Waals surface area contributed by atoms with E-state index in [0.29, 0.717) is 54.9 Å². The number of nitrogens with one attached hydrogen (secondary N) is 1. The summed E-state index contributed by atoms with van der Waals surface area (Å²) in [5.74, 6) is 1.40. The summed E-state index contributed by atoms with van der Waals surface area (Å²) in [6.45, 7) is 0.749. The highest BCUT2D eigenvalue weighted by atomic mass is 16.6. The SMILES string of the molecule is COc1ccc(CCNC(=O)COC(=O)c2cc(OC)c3c(c2)OCCO3)cc1OC. The van der Waals surface area contributed by atoms with Gasteiger partial charge in [-0.15, -0.1) is 0 Å². The first-order valence-electron chi connectivity index (χ1n) is 9.68. The molecule has 0 unspecified atom stereocenters. The number of hydrogen-bond acceptors (Lipinski definition) is 8. The minimum absolute atomic E-state index is 0.208. The molecule has 0 saturated heterocycles. The molecule has 2 aromatic rings. The van der Waals surface area contributed by atoms with Gasteiger partial charge in [-0.1, -0.05) is 6.07 Å². The van der Waals surface area contributed by atoms with Crippen LogP contribution in [0.4, 0.5) is 0 Å². The maximum atomic E-state index is 12.3. The van der Waals surface area contributed by atoms with E-state index in [2.05, 4.69) is 5.32 Å². The van der Waals surface area contributed by atoms with E-state index in [4.69, 9.17) is 28.4 Å². The molecule has 0 bridgehead atoms. The summed E-state index contributed by atoms with van der Waals surface area (Å²) in [6.07, 6.45) is 0.583. The molecule has 1 N–H and O–H groups in total. The molecule has 9 nitrogen and oxygen atoms in total. The van der Waals surface area contributed by atoms with Crippen LogP contribution in [0, 0.1) is 0 Å². The van der Waals surface area contributed by atoms with Crippen LogP contribution >= 0.6 is 0 Å². The molecule has 0 radical (unpaired) electrons. The van der Waals surface area contributed by atoms with Gasteiger partial charge in [-0.2, -0.15) is 0 Å². The van der Waals surface area contributed by atoms with Gasteiger partial charge in [0.05, 0.1) is 26.9 Å². The lowest BCUT2D eigenvalue weighted by Gasteiger charge is -2.21. The number of methoxy groups -OCH3 is 3. The van der Waals surface area contributed by atoms with Gasteiger partial charge in [-0.05, 0) is 36.2 Å². The summed E-state index contributed by atoms with van der Waals surface area (Å²) >= 11 is 0. The van der Waals surface area contributed by atoms with E-state index in [1.165, 1.54) is 19.2 Å². The van der Waals surface area contributed by atoms with Crippen molar-refractivity contribution in [2.24, 2.45) is 0 Å². The Morgan fingerprint density at radius 1 is 0.935 bits per heavy atom. The van der Waals surface area contributed by atoms with E-state index < -0.39 is 18.5 Å². The molecule has 1 aliphatic rings. The molecule has 0 spiro atoms. The van der Waals surface area contributed by atoms with E-state index in [9.17, 15) is 9.59 Å². The third kappa shape index (κ3) is 5.50. The fraction of sp³-hybridized carbons (Fsp3) is 0.364. The summed E-state index contributed by atoms with van der Waals surface area (Å²) in [6, 6.07) is 8.54. The summed E-state index contributed by atoms with van der Waals surface area (Å²) in [5.41, 5.74) is 1.18. The fourth-order valence-electron chi connectivity index (χ4n) is 3.04. The Bertz CT molecular complexity index is 926. The number of hydrogen-bond donors (Lipinski definition) is 1. The minimum Gasteiger partial charge on any atom is -0.493 e. The van der Waals surface area contributed by atoms with Gasteiger partial charge in [-0.3, -0.25) is 4.79 Å². The Hall–Kier alpha value is -3.62. The van der Waals surface area contributed by atoms with Gasteiger partial charge in [0, 0.05) is 6.54 Å². The van der Waals surface area contributed by atoms with Crippen molar-refractivity contribution in [3.8, 4) is 28.7 Å². The first-order chi connectivity index (χ1) is 15.0. The second-order valence-corrected chi connectivity index (χ2v) is 6.57. The van der Waals surface area contributed by atoms with Crippen molar-refractivity contribution in [1.82, 2.24) is 5.32 Å². The van der Waals surface area contributed by atoms with Crippen molar-refractivity contribution >= 4 is 11.9 Å². The standard InChI is InChI=1S/C22H25NO8/c1-26-16-5-4-14(10-17(16)27-2)6-7-23-20(24)13-31-22(25)15-11-18(28-3)21-19(12-15)29-8-9-30-21/h4-5,10-12H,6-9,13H2,1-3H3,(H,23,24). The molecule has 0 saturated carbocycles. The lowest BCUT2D eigenvalue weighted by Crippen LogP contribution is -2.30. The number of ether oxygens (including phenoxy) is 6. The van der Waals surface area contributed by atoms with Crippen molar-refractivity contribution in [2.45, 2.75) is 6.42 Å². The van der Waals surface area contributed by atoms with Crippen LogP contribution in [0.3, 0.4) is 0 Å². The van der Waals surface area contributed by atoms with Gasteiger partial charge in [0.1, 0.15) is 13.2 Å². The molecule has 2 aromatic carbocycles. The van der Waals surface area contributed by atoms with Crippen LogP contribution in [0.1, 0.15) is 15.9 Å². The molecule has 0 aromatic heterocycles. The maximum Gasteiger partial charge on any atom is 0.338 e. The number of carbonyl (C=O) groups is 2. The molecule has 1 heterocycles. The Labute approximate surface area is 180 Å². The zero-order valence-corrected chi connectivity index (χ0v) is 17.7. The number of amides is 1. The molecule has 1 amide bonds. The number of benzene rings is 2. The second kappa shape index (κ2) is 10.4. The number of rotatable bonds is 9. The van der Waals surface area contributed by atoms with Crippen LogP contribution in [0.5, 0.6) is 28.7 Å². The highest BCUT2D eigenvalue weighted by Gasteiger charge is 2.22. The molecule has 1 aliphatic heterocycles. The molecular formula is C22H25NO8. The molecule has 166 valence electrons. The van der Waals surface area contributed by atoms with Crippen LogP contribution in [0.25, 0.3) is 0 Å². The molecule has 0 atom stereocenters. The number of carbonyl (C=O) groups excluding carboxylic acids is 2. The van der Waals surface area contributed by atoms with Crippen LogP contribution < -0.4 is 29.0 Å². The Kier molecular flexibility index (Phi) is 7.42. The van der Waals surface area contributed by atoms with Gasteiger partial charge < -0.3 is 33.7 Å². The van der Waals surface area contributed by atoms with E-state index >= 15 is 0 Å². The zero-order chi connectivity index (χ0) is 22.2. The van der Waals surface area contributed by atoms with Crippen LogP contribution in [0.2, 0.25) is 0 Å². The first-order valence-corrected chi connectivity index (χ1v) is 9.68. The van der Waals surface area contributed by atoms with Gasteiger partial charge in [0.15, 0.2) is 29.6 Å². The predicted octanol–water partition coefficient (Wildman–Crippen LogP) is 2.00. The van der Waals surface area contributed by atoms with E-state index in [1.54, 1.807) is 20.3 Å². The minimum atomic E-state index is -0.662. The zero-order valence-electron chi connectivity index (χ0n) is 17.7. The fourth-order valence-corrected chi connectivity index (χ4v) is 3.04. The predicted molar refractivity (Wildman–Crippen MR) is 111 cm³/mol. The second-order valence-electron chi connectivity index (χ2n) is 6.57. The first kappa shape index (κ1) is 22.1. The highest BCUT2D eigenvalue weighted by Crippen LogP contribution is 2.40. The molecule has 9 heteroatoms. The Morgan fingerprint density at radius 2 is 1.68 bits per heavy atom. The monoisotopic (exact) mass is 431 g/mol. The summed E-state index contributed by atoms with van der Waals surface area (Å²) < 4.78 is 31.8. The topological polar surface area (TPSA) is 102 Å². The number of esters is 1. The third-order valence-corrected chi connectivity index (χ3v) is 4.58. The summed E-state index contributed by atoms with van der Waals surface area (Å²) in [4.78, 5) is 24.4. The lowest BCUT2D eigenvalue weighted by atomic mass is 10.1. The normalized spacial score (nSPS) is 12.0. The maximum absolute atomic E-state index is 12.3. The van der Waals surface area contributed by atoms with Crippen LogP contribution in [-0.2, 0) is 16.0 Å². The van der Waals surface area contributed by atoms with E-state index in [1.807, 2.05) is 12.1 Å². The summed E-state index contributed by atoms with van der Waals surface area (Å²) in [5, 5.41) is 2.72. The van der Waals surface area contributed by atoms with Gasteiger partial charge in [0.2, 0.25) is 5.75 Å². The smallest absolute Gasteiger partial charge is 0.338 e. The number of fused-ring (bicyclic) bond motifs is 1. The van der Waals surface area contributed by atoms with Crippen molar-refractivity contribution in [3.63, 3.8) is 0 Å². The average molecular weight is 431 g/mol. The Balaban J connectivity index is 1.49. The largest absolute Gasteiger partial charge is 0.493 e. The molecule has 31 heavy (non-hydrogen) atoms. The lowest BCUT2D eigenvalue weighted by molar-refractivity contribution is -0.124.